The molecule has 3 heteroatoms. The molecule has 116 valence electrons. The molecule has 0 aromatic heterocycles. The molecule has 1 aliphatic carbocycles. The molecule has 2 N–H and O–H groups in total. The molecule has 1 saturated heterocycles. The molecular weight excluding hydrogens is 260 g/mol. The maximum atomic E-state index is 6.14. The van der Waals surface area contributed by atoms with Gasteiger partial charge in [-0.3, -0.25) is 4.90 Å². The third-order valence-corrected chi connectivity index (χ3v) is 5.44. The molecule has 3 rings (SSSR count). The SMILES string of the molecule is COc1ccc(C2(CN)CCCC2)cc1CN1CCCC1. The van der Waals surface area contributed by atoms with Gasteiger partial charge in [0.25, 0.3) is 0 Å². The topological polar surface area (TPSA) is 38.5 Å². The Kier molecular flexibility index (Phi) is 4.51. The van der Waals surface area contributed by atoms with Crippen molar-refractivity contribution >= 4 is 0 Å². The first-order valence-corrected chi connectivity index (χ1v) is 8.37. The second kappa shape index (κ2) is 6.37. The molecule has 21 heavy (non-hydrogen) atoms. The van der Waals surface area contributed by atoms with Gasteiger partial charge in [-0.1, -0.05) is 25.0 Å². The van der Waals surface area contributed by atoms with Gasteiger partial charge in [-0.25, -0.2) is 0 Å². The average molecular weight is 288 g/mol. The first-order chi connectivity index (χ1) is 10.3. The third kappa shape index (κ3) is 2.95. The number of likely N-dealkylation sites (tertiary alicyclic amines) is 1. The Morgan fingerprint density at radius 2 is 1.86 bits per heavy atom. The second-order valence-electron chi connectivity index (χ2n) is 6.70. The van der Waals surface area contributed by atoms with E-state index < -0.39 is 0 Å². The largest absolute Gasteiger partial charge is 0.496 e. The number of nitrogens with zero attached hydrogens (tertiary/aromatic N) is 1. The highest BCUT2D eigenvalue weighted by Gasteiger charge is 2.34. The fourth-order valence-corrected chi connectivity index (χ4v) is 4.08. The number of nitrogens with two attached hydrogens (primary N) is 1. The lowest BCUT2D eigenvalue weighted by Gasteiger charge is -2.29. The fraction of sp³-hybridized carbons (Fsp3) is 0.667. The lowest BCUT2D eigenvalue weighted by Crippen LogP contribution is -2.32. The van der Waals surface area contributed by atoms with Crippen molar-refractivity contribution in [2.24, 2.45) is 5.73 Å². The van der Waals surface area contributed by atoms with Gasteiger partial charge in [0.05, 0.1) is 7.11 Å². The van der Waals surface area contributed by atoms with Gasteiger partial charge in [-0.15, -0.1) is 0 Å². The predicted molar refractivity (Wildman–Crippen MR) is 86.7 cm³/mol. The van der Waals surface area contributed by atoms with E-state index in [2.05, 4.69) is 23.1 Å². The molecule has 0 unspecified atom stereocenters. The van der Waals surface area contributed by atoms with E-state index in [0.29, 0.717) is 0 Å². The Morgan fingerprint density at radius 3 is 2.48 bits per heavy atom. The van der Waals surface area contributed by atoms with E-state index in [-0.39, 0.29) is 5.41 Å². The molecular formula is C18H28N2O. The molecule has 0 amide bonds. The van der Waals surface area contributed by atoms with E-state index in [0.717, 1.165) is 18.8 Å². The van der Waals surface area contributed by atoms with Crippen LogP contribution in [0.3, 0.4) is 0 Å². The molecule has 0 radical (unpaired) electrons. The van der Waals surface area contributed by atoms with Crippen LogP contribution in [0.5, 0.6) is 5.75 Å². The van der Waals surface area contributed by atoms with E-state index in [1.54, 1.807) is 7.11 Å². The lowest BCUT2D eigenvalue weighted by molar-refractivity contribution is 0.320. The van der Waals surface area contributed by atoms with Crippen LogP contribution in [0.1, 0.15) is 49.7 Å². The van der Waals surface area contributed by atoms with Crippen molar-refractivity contribution in [1.29, 1.82) is 0 Å². The Balaban J connectivity index is 1.88. The minimum atomic E-state index is 0.214. The maximum Gasteiger partial charge on any atom is 0.123 e. The van der Waals surface area contributed by atoms with Crippen LogP contribution in [0.25, 0.3) is 0 Å². The van der Waals surface area contributed by atoms with Crippen LogP contribution in [0.4, 0.5) is 0 Å². The third-order valence-electron chi connectivity index (χ3n) is 5.44. The summed E-state index contributed by atoms with van der Waals surface area (Å²) in [7, 11) is 1.77. The van der Waals surface area contributed by atoms with Gasteiger partial charge in [0.2, 0.25) is 0 Å². The van der Waals surface area contributed by atoms with Gasteiger partial charge in [-0.2, -0.15) is 0 Å². The van der Waals surface area contributed by atoms with Crippen molar-refractivity contribution in [3.8, 4) is 5.75 Å². The molecule has 1 aliphatic heterocycles. The van der Waals surface area contributed by atoms with Gasteiger partial charge in [0, 0.05) is 24.1 Å². The number of hydrogen-bond donors (Lipinski definition) is 1. The first kappa shape index (κ1) is 14.9. The summed E-state index contributed by atoms with van der Waals surface area (Å²) in [6.45, 7) is 4.21. The number of hydrogen-bond acceptors (Lipinski definition) is 3. The van der Waals surface area contributed by atoms with Crippen LogP contribution >= 0.6 is 0 Å². The van der Waals surface area contributed by atoms with Crippen molar-refractivity contribution in [3.63, 3.8) is 0 Å². The van der Waals surface area contributed by atoms with Crippen LogP contribution in [-0.4, -0.2) is 31.6 Å². The maximum absolute atomic E-state index is 6.14. The summed E-state index contributed by atoms with van der Waals surface area (Å²) in [5, 5.41) is 0. The molecule has 1 heterocycles. The fourth-order valence-electron chi connectivity index (χ4n) is 4.08. The summed E-state index contributed by atoms with van der Waals surface area (Å²) in [5.74, 6) is 1.02. The van der Waals surface area contributed by atoms with Crippen LogP contribution in [0.2, 0.25) is 0 Å². The molecule has 2 aliphatic rings. The lowest BCUT2D eigenvalue weighted by atomic mass is 9.78. The summed E-state index contributed by atoms with van der Waals surface area (Å²) in [6.07, 6.45) is 7.75. The predicted octanol–water partition coefficient (Wildman–Crippen LogP) is 3.06. The zero-order chi connectivity index (χ0) is 14.7. The van der Waals surface area contributed by atoms with Gasteiger partial charge in [0.1, 0.15) is 5.75 Å². The van der Waals surface area contributed by atoms with Crippen LogP contribution < -0.4 is 10.5 Å². The van der Waals surface area contributed by atoms with Gasteiger partial charge in [0.15, 0.2) is 0 Å². The Bertz CT molecular complexity index is 474. The minimum absolute atomic E-state index is 0.214. The Hall–Kier alpha value is -1.06. The zero-order valence-electron chi connectivity index (χ0n) is 13.2. The van der Waals surface area contributed by atoms with Crippen LogP contribution in [0.15, 0.2) is 18.2 Å². The number of ether oxygens (including phenoxy) is 1. The summed E-state index contributed by atoms with van der Waals surface area (Å²) in [6, 6.07) is 6.76. The van der Waals surface area contributed by atoms with E-state index in [1.807, 2.05) is 0 Å². The zero-order valence-corrected chi connectivity index (χ0v) is 13.2. The molecule has 3 nitrogen and oxygen atoms in total. The van der Waals surface area contributed by atoms with E-state index in [4.69, 9.17) is 10.5 Å². The summed E-state index contributed by atoms with van der Waals surface area (Å²) in [5.41, 5.74) is 9.12. The Labute approximate surface area is 128 Å². The van der Waals surface area contributed by atoms with Gasteiger partial charge >= 0.3 is 0 Å². The second-order valence-corrected chi connectivity index (χ2v) is 6.70. The first-order valence-electron chi connectivity index (χ1n) is 8.37. The highest BCUT2D eigenvalue weighted by Crippen LogP contribution is 2.41. The Morgan fingerprint density at radius 1 is 1.14 bits per heavy atom. The van der Waals surface area contributed by atoms with E-state index >= 15 is 0 Å². The van der Waals surface area contributed by atoms with Crippen LogP contribution in [-0.2, 0) is 12.0 Å². The number of benzene rings is 1. The number of methoxy groups -OCH3 is 1. The van der Waals surface area contributed by atoms with Gasteiger partial charge < -0.3 is 10.5 Å². The van der Waals surface area contributed by atoms with Crippen molar-refractivity contribution in [2.45, 2.75) is 50.5 Å². The summed E-state index contributed by atoms with van der Waals surface area (Å²) >= 11 is 0. The summed E-state index contributed by atoms with van der Waals surface area (Å²) in [4.78, 5) is 2.53. The smallest absolute Gasteiger partial charge is 0.123 e. The number of rotatable bonds is 5. The molecule has 1 aromatic rings. The van der Waals surface area contributed by atoms with E-state index in [9.17, 15) is 0 Å². The highest BCUT2D eigenvalue weighted by molar-refractivity contribution is 5.41. The molecule has 2 fully saturated rings. The van der Waals surface area contributed by atoms with Crippen molar-refractivity contribution in [3.05, 3.63) is 29.3 Å². The normalized spacial score (nSPS) is 21.8. The highest BCUT2D eigenvalue weighted by atomic mass is 16.5. The van der Waals surface area contributed by atoms with Gasteiger partial charge in [-0.05, 0) is 50.4 Å². The quantitative estimate of drug-likeness (QED) is 0.905. The summed E-state index contributed by atoms with van der Waals surface area (Å²) < 4.78 is 5.58. The molecule has 0 bridgehead atoms. The monoisotopic (exact) mass is 288 g/mol. The van der Waals surface area contributed by atoms with Crippen LogP contribution in [0, 0.1) is 0 Å². The average Bonchev–Trinajstić information content (AvgIpc) is 3.19. The molecule has 0 atom stereocenters. The standard InChI is InChI=1S/C18H28N2O/c1-21-17-7-6-16(18(14-19)8-2-3-9-18)12-15(17)13-20-10-4-5-11-20/h6-7,12H,2-5,8-11,13-14,19H2,1H3. The molecule has 1 aromatic carbocycles. The van der Waals surface area contributed by atoms with Crippen molar-refractivity contribution < 1.29 is 4.74 Å². The van der Waals surface area contributed by atoms with Crippen molar-refractivity contribution in [2.75, 3.05) is 26.7 Å². The van der Waals surface area contributed by atoms with Crippen molar-refractivity contribution in [1.82, 2.24) is 4.90 Å². The molecule has 0 spiro atoms. The molecule has 1 saturated carbocycles. The minimum Gasteiger partial charge on any atom is -0.496 e. The van der Waals surface area contributed by atoms with E-state index in [1.165, 1.54) is 62.7 Å².